The van der Waals surface area contributed by atoms with E-state index in [0.29, 0.717) is 0 Å². The molecule has 0 atom stereocenters. The average molecular weight is 754 g/mol. The topological polar surface area (TPSA) is 29.5 Å². The first-order valence-electron chi connectivity index (χ1n) is 20.1. The highest BCUT2D eigenvalue weighted by atomic mass is 16.3. The SMILES string of the molecule is c1ccc(-c2ccc(-c3cc4ccccc4c4ccccc34)cc2N(c2ccc(-c3ccc4oc5ccccc5c4c3)cc2)c2ccc3c(c2)oc2ccccc23)cc1. The number of rotatable bonds is 6. The molecule has 3 nitrogen and oxygen atoms in total. The van der Waals surface area contributed by atoms with E-state index in [1.807, 2.05) is 24.3 Å². The minimum Gasteiger partial charge on any atom is -0.456 e. The van der Waals surface area contributed by atoms with Crippen LogP contribution in [0.25, 0.3) is 98.8 Å². The maximum atomic E-state index is 6.51. The number of para-hydroxylation sites is 2. The van der Waals surface area contributed by atoms with Crippen LogP contribution in [0.5, 0.6) is 0 Å². The van der Waals surface area contributed by atoms with Gasteiger partial charge in [0.25, 0.3) is 0 Å². The molecule has 0 aliphatic carbocycles. The molecule has 0 saturated carbocycles. The molecule has 3 heteroatoms. The molecule has 2 heterocycles. The van der Waals surface area contributed by atoms with Gasteiger partial charge < -0.3 is 13.7 Å². The van der Waals surface area contributed by atoms with Crippen LogP contribution >= 0.6 is 0 Å². The van der Waals surface area contributed by atoms with Gasteiger partial charge in [0.05, 0.1) is 5.69 Å². The van der Waals surface area contributed by atoms with Crippen LogP contribution in [0.15, 0.2) is 221 Å². The number of furan rings is 2. The van der Waals surface area contributed by atoms with Crippen LogP contribution in [0, 0.1) is 0 Å². The molecule has 0 aliphatic heterocycles. The van der Waals surface area contributed by atoms with Crippen LogP contribution in [0.3, 0.4) is 0 Å². The van der Waals surface area contributed by atoms with Crippen LogP contribution in [0.2, 0.25) is 0 Å². The summed E-state index contributed by atoms with van der Waals surface area (Å²) in [7, 11) is 0. The van der Waals surface area contributed by atoms with Crippen molar-refractivity contribution in [2.75, 3.05) is 4.90 Å². The predicted molar refractivity (Wildman–Crippen MR) is 247 cm³/mol. The molecule has 12 aromatic rings. The third-order valence-electron chi connectivity index (χ3n) is 11.9. The molecule has 12 rings (SSSR count). The Morgan fingerprint density at radius 3 is 1.64 bits per heavy atom. The Hall–Kier alpha value is -7.88. The van der Waals surface area contributed by atoms with Crippen molar-refractivity contribution >= 4 is 82.5 Å². The maximum absolute atomic E-state index is 6.51. The van der Waals surface area contributed by atoms with Crippen LogP contribution < -0.4 is 4.90 Å². The van der Waals surface area contributed by atoms with Gasteiger partial charge >= 0.3 is 0 Å². The molecular weight excluding hydrogens is 719 g/mol. The van der Waals surface area contributed by atoms with Crippen molar-refractivity contribution in [3.05, 3.63) is 212 Å². The lowest BCUT2D eigenvalue weighted by Crippen LogP contribution is -2.11. The Labute approximate surface area is 340 Å². The lowest BCUT2D eigenvalue weighted by molar-refractivity contribution is 0.668. The molecule has 0 unspecified atom stereocenters. The van der Waals surface area contributed by atoms with Crippen molar-refractivity contribution in [3.63, 3.8) is 0 Å². The Bertz CT molecular complexity index is 3560. The number of hydrogen-bond acceptors (Lipinski definition) is 3. The summed E-state index contributed by atoms with van der Waals surface area (Å²) in [6.45, 7) is 0. The molecule has 276 valence electrons. The van der Waals surface area contributed by atoms with E-state index < -0.39 is 0 Å². The molecule has 0 spiro atoms. The Balaban J connectivity index is 1.08. The summed E-state index contributed by atoms with van der Waals surface area (Å²) in [4.78, 5) is 2.39. The molecule has 0 amide bonds. The van der Waals surface area contributed by atoms with E-state index in [9.17, 15) is 0 Å². The van der Waals surface area contributed by atoms with Gasteiger partial charge in [-0.25, -0.2) is 0 Å². The van der Waals surface area contributed by atoms with Gasteiger partial charge in [-0.1, -0.05) is 146 Å². The second-order valence-corrected chi connectivity index (χ2v) is 15.3. The van der Waals surface area contributed by atoms with E-state index in [0.717, 1.165) is 88.8 Å². The molecule has 59 heavy (non-hydrogen) atoms. The molecule has 0 fully saturated rings. The summed E-state index contributed by atoms with van der Waals surface area (Å²) in [5.41, 5.74) is 13.5. The van der Waals surface area contributed by atoms with Crippen LogP contribution in [-0.4, -0.2) is 0 Å². The van der Waals surface area contributed by atoms with E-state index >= 15 is 0 Å². The van der Waals surface area contributed by atoms with Crippen molar-refractivity contribution in [3.8, 4) is 33.4 Å². The first kappa shape index (κ1) is 33.3. The molecule has 0 N–H and O–H groups in total. The molecule has 0 aliphatic rings. The summed E-state index contributed by atoms with van der Waals surface area (Å²) in [5, 5.41) is 9.41. The summed E-state index contributed by atoms with van der Waals surface area (Å²) in [6.07, 6.45) is 0. The van der Waals surface area contributed by atoms with E-state index in [1.54, 1.807) is 0 Å². The fourth-order valence-electron chi connectivity index (χ4n) is 9.03. The van der Waals surface area contributed by atoms with Gasteiger partial charge in [0.1, 0.15) is 22.3 Å². The fraction of sp³-hybridized carbons (Fsp3) is 0. The second kappa shape index (κ2) is 13.4. The van der Waals surface area contributed by atoms with E-state index in [1.165, 1.54) is 27.1 Å². The van der Waals surface area contributed by atoms with Crippen molar-refractivity contribution < 1.29 is 8.83 Å². The minimum atomic E-state index is 0.851. The molecular formula is C56H35NO2. The average Bonchev–Trinajstić information content (AvgIpc) is 3.87. The van der Waals surface area contributed by atoms with Gasteiger partial charge in [-0.15, -0.1) is 0 Å². The predicted octanol–water partition coefficient (Wildman–Crippen LogP) is 16.3. The number of nitrogens with zero attached hydrogens (tertiary/aromatic N) is 1. The minimum absolute atomic E-state index is 0.851. The van der Waals surface area contributed by atoms with E-state index in [-0.39, 0.29) is 0 Å². The lowest BCUT2D eigenvalue weighted by atomic mass is 9.91. The van der Waals surface area contributed by atoms with Gasteiger partial charge in [-0.05, 0) is 110 Å². The molecule has 0 saturated heterocycles. The summed E-state index contributed by atoms with van der Waals surface area (Å²) >= 11 is 0. The Kier molecular flexibility index (Phi) is 7.54. The summed E-state index contributed by atoms with van der Waals surface area (Å²) in [5.74, 6) is 0. The van der Waals surface area contributed by atoms with E-state index in [2.05, 4.69) is 193 Å². The van der Waals surface area contributed by atoms with Gasteiger partial charge in [-0.2, -0.15) is 0 Å². The Morgan fingerprint density at radius 2 is 0.847 bits per heavy atom. The number of hydrogen-bond donors (Lipinski definition) is 0. The first-order chi connectivity index (χ1) is 29.2. The zero-order chi connectivity index (χ0) is 38.9. The van der Waals surface area contributed by atoms with Gasteiger partial charge in [0.15, 0.2) is 0 Å². The zero-order valence-electron chi connectivity index (χ0n) is 32.0. The van der Waals surface area contributed by atoms with Gasteiger partial charge in [-0.3, -0.25) is 0 Å². The highest BCUT2D eigenvalue weighted by Crippen LogP contribution is 2.46. The van der Waals surface area contributed by atoms with Crippen molar-refractivity contribution in [2.45, 2.75) is 0 Å². The highest BCUT2D eigenvalue weighted by molar-refractivity contribution is 6.14. The van der Waals surface area contributed by atoms with Crippen molar-refractivity contribution in [1.29, 1.82) is 0 Å². The fourth-order valence-corrected chi connectivity index (χ4v) is 9.03. The summed E-state index contributed by atoms with van der Waals surface area (Å²) < 4.78 is 12.7. The van der Waals surface area contributed by atoms with Crippen LogP contribution in [0.1, 0.15) is 0 Å². The third-order valence-corrected chi connectivity index (χ3v) is 11.9. The zero-order valence-corrected chi connectivity index (χ0v) is 32.0. The second-order valence-electron chi connectivity index (χ2n) is 15.3. The number of fused-ring (bicyclic) bond motifs is 9. The third kappa shape index (κ3) is 5.51. The smallest absolute Gasteiger partial charge is 0.137 e. The van der Waals surface area contributed by atoms with Crippen LogP contribution in [0.4, 0.5) is 17.1 Å². The van der Waals surface area contributed by atoms with Crippen molar-refractivity contribution in [2.24, 2.45) is 0 Å². The largest absolute Gasteiger partial charge is 0.456 e. The standard InChI is InChI=1S/C56H35NO2/c1-2-12-37(13-3-1)44-29-24-40(50-33-39-14-4-5-15-43(39)45-16-6-7-17-46(45)50)34-52(44)57(42-28-30-49-47-18-8-10-20-53(47)59-56(49)35-42)41-26-22-36(23-27-41)38-25-31-55-51(32-38)48-19-9-11-21-54(48)58-55/h1-35H. The molecule has 0 bridgehead atoms. The molecule has 10 aromatic carbocycles. The Morgan fingerprint density at radius 1 is 0.271 bits per heavy atom. The molecule has 0 radical (unpaired) electrons. The number of anilines is 3. The molecule has 2 aromatic heterocycles. The quantitative estimate of drug-likeness (QED) is 0.158. The van der Waals surface area contributed by atoms with E-state index in [4.69, 9.17) is 8.83 Å². The number of benzene rings is 10. The lowest BCUT2D eigenvalue weighted by Gasteiger charge is -2.29. The first-order valence-corrected chi connectivity index (χ1v) is 20.1. The van der Waals surface area contributed by atoms with Crippen molar-refractivity contribution in [1.82, 2.24) is 0 Å². The van der Waals surface area contributed by atoms with Gasteiger partial charge in [0.2, 0.25) is 0 Å². The van der Waals surface area contributed by atoms with Gasteiger partial charge in [0, 0.05) is 44.5 Å². The van der Waals surface area contributed by atoms with Crippen LogP contribution in [-0.2, 0) is 0 Å². The monoisotopic (exact) mass is 753 g/mol. The highest BCUT2D eigenvalue weighted by Gasteiger charge is 2.21. The normalized spacial score (nSPS) is 11.7. The maximum Gasteiger partial charge on any atom is 0.137 e. The summed E-state index contributed by atoms with van der Waals surface area (Å²) in [6, 6.07) is 76.0.